The van der Waals surface area contributed by atoms with Gasteiger partial charge in [-0.2, -0.15) is 0 Å². The molecule has 0 N–H and O–H groups in total. The zero-order chi connectivity index (χ0) is 8.20. The molecule has 0 heterocycles. The Morgan fingerprint density at radius 3 is 2.40 bits per heavy atom. The van der Waals surface area contributed by atoms with Crippen LogP contribution in [0.3, 0.4) is 0 Å². The van der Waals surface area contributed by atoms with Crippen molar-refractivity contribution in [3.05, 3.63) is 7.11 Å². The van der Waals surface area contributed by atoms with E-state index in [-0.39, 0.29) is 5.97 Å². The molecule has 0 amide bonds. The fourth-order valence-corrected chi connectivity index (χ4v) is 0.887. The van der Waals surface area contributed by atoms with Gasteiger partial charge in [0.1, 0.15) is 0 Å². The summed E-state index contributed by atoms with van der Waals surface area (Å²) < 4.78 is 4.13. The van der Waals surface area contributed by atoms with Crippen molar-refractivity contribution in [3.63, 3.8) is 0 Å². The molecule has 0 saturated heterocycles. The second-order valence-corrected chi connectivity index (χ2v) is 3.04. The highest BCUT2D eigenvalue weighted by atomic mass is 16.5. The van der Waals surface area contributed by atoms with E-state index in [1.807, 2.05) is 20.8 Å². The molecule has 0 aromatic rings. The Hall–Kier alpha value is -0.530. The van der Waals surface area contributed by atoms with E-state index >= 15 is 0 Å². The molecule has 58 valence electrons. The molecule has 0 rings (SSSR count). The number of hydrogen-bond acceptors (Lipinski definition) is 2. The minimum atomic E-state index is -0.427. The molecule has 10 heavy (non-hydrogen) atoms. The van der Waals surface area contributed by atoms with Crippen LogP contribution in [0.2, 0.25) is 0 Å². The van der Waals surface area contributed by atoms with Crippen LogP contribution in [-0.2, 0) is 9.53 Å². The van der Waals surface area contributed by atoms with Crippen LogP contribution in [-0.4, -0.2) is 5.97 Å². The number of rotatable bonds is 3. The molecule has 0 aromatic heterocycles. The summed E-state index contributed by atoms with van der Waals surface area (Å²) in [6.45, 7) is 5.67. The van der Waals surface area contributed by atoms with Crippen LogP contribution in [0.15, 0.2) is 0 Å². The summed E-state index contributed by atoms with van der Waals surface area (Å²) in [5.41, 5.74) is -0.427. The monoisotopic (exact) mass is 142 g/mol. The fraction of sp³-hybridized carbons (Fsp3) is 0.750. The molecule has 0 bridgehead atoms. The van der Waals surface area contributed by atoms with Gasteiger partial charge in [-0.25, -0.2) is 0 Å². The molecule has 2 radical (unpaired) electrons. The lowest BCUT2D eigenvalue weighted by Crippen LogP contribution is -2.24. The molecule has 0 saturated carbocycles. The van der Waals surface area contributed by atoms with E-state index in [4.69, 9.17) is 7.11 Å². The third-order valence-corrected chi connectivity index (χ3v) is 1.53. The topological polar surface area (TPSA) is 26.3 Å². The Morgan fingerprint density at radius 2 is 2.10 bits per heavy atom. The molecule has 0 aromatic carbocycles. The maximum atomic E-state index is 10.9. The molecule has 0 aliphatic carbocycles. The predicted molar refractivity (Wildman–Crippen MR) is 39.1 cm³/mol. The number of hydrogen-bond donors (Lipinski definition) is 0. The molecule has 0 atom stereocenters. The lowest BCUT2D eigenvalue weighted by molar-refractivity contribution is -0.148. The van der Waals surface area contributed by atoms with Crippen LogP contribution in [0.5, 0.6) is 0 Å². The smallest absolute Gasteiger partial charge is 0.312 e. The molecule has 2 nitrogen and oxygen atoms in total. The van der Waals surface area contributed by atoms with Gasteiger partial charge in [0, 0.05) is 0 Å². The quantitative estimate of drug-likeness (QED) is 0.563. The van der Waals surface area contributed by atoms with E-state index in [1.54, 1.807) is 0 Å². The molecule has 2 heteroatoms. The normalized spacial score (nSPS) is 11.2. The van der Waals surface area contributed by atoms with Crippen molar-refractivity contribution in [1.82, 2.24) is 0 Å². The highest BCUT2D eigenvalue weighted by Crippen LogP contribution is 2.23. The third kappa shape index (κ3) is 2.38. The van der Waals surface area contributed by atoms with Crippen LogP contribution in [0.25, 0.3) is 0 Å². The van der Waals surface area contributed by atoms with Crippen molar-refractivity contribution in [2.24, 2.45) is 5.41 Å². The van der Waals surface area contributed by atoms with Gasteiger partial charge >= 0.3 is 5.97 Å². The van der Waals surface area contributed by atoms with Gasteiger partial charge in [0.15, 0.2) is 7.11 Å². The Labute approximate surface area is 62.6 Å². The van der Waals surface area contributed by atoms with Crippen molar-refractivity contribution in [2.45, 2.75) is 33.6 Å². The first-order valence-electron chi connectivity index (χ1n) is 3.45. The summed E-state index contributed by atoms with van der Waals surface area (Å²) >= 11 is 0. The van der Waals surface area contributed by atoms with Gasteiger partial charge in [-0.15, -0.1) is 0 Å². The summed E-state index contributed by atoms with van der Waals surface area (Å²) in [6.07, 6.45) is 1.77. The Kier molecular flexibility index (Phi) is 3.40. The minimum Gasteiger partial charge on any atom is -0.454 e. The number of carbonyl (C=O) groups is 1. The van der Waals surface area contributed by atoms with E-state index in [1.165, 1.54) is 0 Å². The van der Waals surface area contributed by atoms with Gasteiger partial charge in [-0.05, 0) is 20.3 Å². The van der Waals surface area contributed by atoms with Gasteiger partial charge < -0.3 is 4.74 Å². The second-order valence-electron chi connectivity index (χ2n) is 3.04. The standard InChI is InChI=1S/C8H14O2/c1-5-6-8(2,3)7(9)10-4/h4H,5-6H2,1-3H3. The Balaban J connectivity index is 3.96. The van der Waals surface area contributed by atoms with Gasteiger partial charge in [0.05, 0.1) is 5.41 Å². The Morgan fingerprint density at radius 1 is 1.60 bits per heavy atom. The van der Waals surface area contributed by atoms with Crippen molar-refractivity contribution >= 4 is 5.97 Å². The lowest BCUT2D eigenvalue weighted by Gasteiger charge is -2.19. The molecule has 0 fully saturated rings. The van der Waals surface area contributed by atoms with E-state index in [0.29, 0.717) is 0 Å². The number of ether oxygens (including phenoxy) is 1. The summed E-state index contributed by atoms with van der Waals surface area (Å²) in [5, 5.41) is 0. The fourth-order valence-electron chi connectivity index (χ4n) is 0.887. The maximum absolute atomic E-state index is 10.9. The summed E-state index contributed by atoms with van der Waals surface area (Å²) in [6, 6.07) is 0. The molecular formula is C8H14O2. The highest BCUT2D eigenvalue weighted by molar-refractivity contribution is 5.75. The van der Waals surface area contributed by atoms with Crippen molar-refractivity contribution in [2.75, 3.05) is 0 Å². The van der Waals surface area contributed by atoms with Crippen molar-refractivity contribution in [1.29, 1.82) is 0 Å². The Bertz CT molecular complexity index is 116. The zero-order valence-electron chi connectivity index (χ0n) is 6.81. The predicted octanol–water partition coefficient (Wildman–Crippen LogP) is 2.02. The first-order valence-corrected chi connectivity index (χ1v) is 3.45. The van der Waals surface area contributed by atoms with Crippen LogP contribution >= 0.6 is 0 Å². The van der Waals surface area contributed by atoms with Crippen molar-refractivity contribution in [3.8, 4) is 0 Å². The first-order chi connectivity index (χ1) is 4.54. The molecule has 0 aliphatic rings. The van der Waals surface area contributed by atoms with Gasteiger partial charge in [0.25, 0.3) is 0 Å². The molecular weight excluding hydrogens is 128 g/mol. The zero-order valence-corrected chi connectivity index (χ0v) is 6.81. The summed E-state index contributed by atoms with van der Waals surface area (Å²) in [7, 11) is 4.74. The van der Waals surface area contributed by atoms with E-state index in [0.717, 1.165) is 12.8 Å². The highest BCUT2D eigenvalue weighted by Gasteiger charge is 2.27. The van der Waals surface area contributed by atoms with Gasteiger partial charge in [-0.1, -0.05) is 13.3 Å². The lowest BCUT2D eigenvalue weighted by atomic mass is 9.88. The van der Waals surface area contributed by atoms with E-state index in [2.05, 4.69) is 4.74 Å². The molecule has 0 unspecified atom stereocenters. The van der Waals surface area contributed by atoms with E-state index in [9.17, 15) is 4.79 Å². The van der Waals surface area contributed by atoms with Crippen LogP contribution in [0.1, 0.15) is 33.6 Å². The third-order valence-electron chi connectivity index (χ3n) is 1.53. The van der Waals surface area contributed by atoms with Gasteiger partial charge in [-0.3, -0.25) is 4.79 Å². The SMILES string of the molecule is [CH]OC(=O)C(C)(C)CCC. The minimum absolute atomic E-state index is 0.339. The molecule has 0 aliphatic heterocycles. The average Bonchev–Trinajstić information content (AvgIpc) is 1.86. The maximum Gasteiger partial charge on any atom is 0.312 e. The largest absolute Gasteiger partial charge is 0.454 e. The summed E-state index contributed by atoms with van der Waals surface area (Å²) in [5.74, 6) is -0.339. The van der Waals surface area contributed by atoms with Gasteiger partial charge in [0.2, 0.25) is 0 Å². The average molecular weight is 142 g/mol. The van der Waals surface area contributed by atoms with Crippen LogP contribution in [0, 0.1) is 12.5 Å². The summed E-state index contributed by atoms with van der Waals surface area (Å²) in [4.78, 5) is 10.9. The molecule has 0 spiro atoms. The van der Waals surface area contributed by atoms with Crippen LogP contribution in [0.4, 0.5) is 0 Å². The van der Waals surface area contributed by atoms with Crippen LogP contribution < -0.4 is 0 Å². The van der Waals surface area contributed by atoms with Crippen molar-refractivity contribution < 1.29 is 9.53 Å². The number of esters is 1. The number of carbonyl (C=O) groups excluding carboxylic acids is 1. The first kappa shape index (κ1) is 9.47. The van der Waals surface area contributed by atoms with E-state index < -0.39 is 5.41 Å². The second kappa shape index (κ2) is 3.59.